The molecule has 1 saturated heterocycles. The minimum atomic E-state index is -5.03. The number of piperidine rings is 1. The Balaban J connectivity index is 1.97. The zero-order valence-corrected chi connectivity index (χ0v) is 22.3. The Morgan fingerprint density at radius 1 is 1.10 bits per heavy atom. The van der Waals surface area contributed by atoms with Gasteiger partial charge in [0.2, 0.25) is 0 Å². The molecule has 1 fully saturated rings. The predicted molar refractivity (Wildman–Crippen MR) is 132 cm³/mol. The number of nitrogens with zero attached hydrogens (tertiary/aromatic N) is 2. The van der Waals surface area contributed by atoms with E-state index in [1.165, 1.54) is 37.1 Å². The van der Waals surface area contributed by atoms with Crippen molar-refractivity contribution in [1.82, 2.24) is 9.80 Å². The number of amides is 2. The molecule has 0 aromatic heterocycles. The van der Waals surface area contributed by atoms with Crippen LogP contribution in [0.4, 0.5) is 35.5 Å². The number of benzene rings is 2. The van der Waals surface area contributed by atoms with Gasteiger partial charge in [0.1, 0.15) is 5.82 Å². The molecule has 2 amide bonds. The van der Waals surface area contributed by atoms with E-state index < -0.39 is 58.2 Å². The molecule has 4 atom stereocenters. The number of urea groups is 1. The van der Waals surface area contributed by atoms with Crippen LogP contribution >= 0.6 is 0 Å². The van der Waals surface area contributed by atoms with Gasteiger partial charge in [0.05, 0.1) is 29.8 Å². The minimum absolute atomic E-state index is 0.0304. The lowest BCUT2D eigenvalue weighted by Gasteiger charge is -2.42. The highest BCUT2D eigenvalue weighted by atomic mass is 32.2. The van der Waals surface area contributed by atoms with E-state index in [1.807, 2.05) is 0 Å². The van der Waals surface area contributed by atoms with Crippen molar-refractivity contribution in [3.05, 3.63) is 70.0 Å². The van der Waals surface area contributed by atoms with Crippen molar-refractivity contribution in [1.29, 1.82) is 0 Å². The quantitative estimate of drug-likeness (QED) is 0.411. The largest absolute Gasteiger partial charge is 0.416 e. The Morgan fingerprint density at radius 3 is 2.21 bits per heavy atom. The van der Waals surface area contributed by atoms with E-state index in [0.717, 1.165) is 4.90 Å². The Bertz CT molecular complexity index is 1190. The van der Waals surface area contributed by atoms with E-state index in [9.17, 15) is 44.8 Å². The fourth-order valence-corrected chi connectivity index (χ4v) is 6.06. The second-order valence-electron chi connectivity index (χ2n) is 9.57. The number of alkyl halides is 6. The highest BCUT2D eigenvalue weighted by molar-refractivity contribution is 7.85. The van der Waals surface area contributed by atoms with Crippen molar-refractivity contribution in [2.45, 2.75) is 56.4 Å². The van der Waals surface area contributed by atoms with Crippen molar-refractivity contribution >= 4 is 16.8 Å². The number of carbonyl (C=O) groups excluding carboxylic acids is 1. The van der Waals surface area contributed by atoms with Gasteiger partial charge < -0.3 is 14.9 Å². The first-order valence-corrected chi connectivity index (χ1v) is 13.5. The van der Waals surface area contributed by atoms with Crippen LogP contribution in [0.1, 0.15) is 59.7 Å². The average Bonchev–Trinajstić information content (AvgIpc) is 2.86. The Kier molecular flexibility index (Phi) is 9.36. The molecular weight excluding hydrogens is 553 g/mol. The van der Waals surface area contributed by atoms with Crippen molar-refractivity contribution in [2.24, 2.45) is 0 Å². The van der Waals surface area contributed by atoms with Gasteiger partial charge in [-0.2, -0.15) is 26.3 Å². The standard InChI is InChI=1S/C26H29F7N2O3S/c1-15-10-20(27)4-5-22(15)23-14-21(39(38)9-8-36)6-7-35(23)24(37)34(3)16(2)17-11-18(25(28,29)30)13-19(12-17)26(31,32)33/h4-5,10-13,16,21,23,36H,6-9,14H2,1-3H3/t16-,21+,23-,39?/m1/s1. The molecule has 1 unspecified atom stereocenters. The van der Waals surface area contributed by atoms with Crippen LogP contribution in [0.2, 0.25) is 0 Å². The lowest BCUT2D eigenvalue weighted by Crippen LogP contribution is -2.49. The zero-order chi connectivity index (χ0) is 29.3. The van der Waals surface area contributed by atoms with E-state index in [0.29, 0.717) is 29.7 Å². The molecular formula is C26H29F7N2O3S. The van der Waals surface area contributed by atoms with Crippen LogP contribution in [0.25, 0.3) is 0 Å². The first-order valence-electron chi connectivity index (χ1n) is 12.1. The normalized spacial score (nSPS) is 20.0. The van der Waals surface area contributed by atoms with Crippen LogP contribution in [-0.2, 0) is 23.2 Å². The number of hydrogen-bond acceptors (Lipinski definition) is 3. The molecule has 0 bridgehead atoms. The average molecular weight is 583 g/mol. The second-order valence-corrected chi connectivity index (χ2v) is 11.4. The first kappa shape index (κ1) is 30.9. The number of rotatable bonds is 6. The van der Waals surface area contributed by atoms with Crippen LogP contribution < -0.4 is 0 Å². The molecule has 0 aliphatic carbocycles. The summed E-state index contributed by atoms with van der Waals surface area (Å²) in [6, 6.07) is 2.70. The summed E-state index contributed by atoms with van der Waals surface area (Å²) in [5.41, 5.74) is -2.20. The molecule has 2 aromatic carbocycles. The smallest absolute Gasteiger partial charge is 0.395 e. The highest BCUT2D eigenvalue weighted by Gasteiger charge is 2.40. The topological polar surface area (TPSA) is 60.9 Å². The number of hydrogen-bond donors (Lipinski definition) is 1. The number of carbonyl (C=O) groups is 1. The summed E-state index contributed by atoms with van der Waals surface area (Å²) in [6.45, 7) is 2.77. The molecule has 1 aliphatic heterocycles. The number of likely N-dealkylation sites (tertiary alicyclic amines) is 1. The van der Waals surface area contributed by atoms with Crippen molar-refractivity contribution < 1.29 is 44.8 Å². The first-order chi connectivity index (χ1) is 18.0. The number of aliphatic hydroxyl groups excluding tert-OH is 1. The monoisotopic (exact) mass is 582 g/mol. The summed E-state index contributed by atoms with van der Waals surface area (Å²) in [5.74, 6) is -0.456. The molecule has 0 radical (unpaired) electrons. The molecule has 216 valence electrons. The predicted octanol–water partition coefficient (Wildman–Crippen LogP) is 6.23. The molecule has 3 rings (SSSR count). The highest BCUT2D eigenvalue weighted by Crippen LogP contribution is 2.40. The van der Waals surface area contributed by atoms with Crippen LogP contribution in [-0.4, -0.2) is 56.3 Å². The molecule has 2 aromatic rings. The van der Waals surface area contributed by atoms with Gasteiger partial charge in [0, 0.05) is 35.4 Å². The fourth-order valence-electron chi connectivity index (χ4n) is 4.78. The molecule has 0 saturated carbocycles. The van der Waals surface area contributed by atoms with E-state index >= 15 is 0 Å². The van der Waals surface area contributed by atoms with Gasteiger partial charge in [-0.05, 0) is 73.7 Å². The van der Waals surface area contributed by atoms with Gasteiger partial charge in [0.15, 0.2) is 0 Å². The summed E-state index contributed by atoms with van der Waals surface area (Å²) in [6.07, 6.45) is -9.54. The van der Waals surface area contributed by atoms with Crippen LogP contribution in [0.15, 0.2) is 36.4 Å². The van der Waals surface area contributed by atoms with E-state index in [2.05, 4.69) is 0 Å². The third-order valence-corrected chi connectivity index (χ3v) is 8.79. The Morgan fingerprint density at radius 2 is 1.69 bits per heavy atom. The lowest BCUT2D eigenvalue weighted by atomic mass is 9.92. The second kappa shape index (κ2) is 11.8. The molecule has 13 heteroatoms. The molecule has 39 heavy (non-hydrogen) atoms. The molecule has 0 spiro atoms. The summed E-state index contributed by atoms with van der Waals surface area (Å²) in [7, 11) is -0.118. The van der Waals surface area contributed by atoms with E-state index in [-0.39, 0.29) is 42.2 Å². The van der Waals surface area contributed by atoms with Crippen LogP contribution in [0.3, 0.4) is 0 Å². The summed E-state index contributed by atoms with van der Waals surface area (Å²) < 4.78 is 107. The molecule has 1 heterocycles. The lowest BCUT2D eigenvalue weighted by molar-refractivity contribution is -0.143. The van der Waals surface area contributed by atoms with Crippen molar-refractivity contribution in [2.75, 3.05) is 26.0 Å². The maximum absolute atomic E-state index is 13.8. The third kappa shape index (κ3) is 7.10. The van der Waals surface area contributed by atoms with Gasteiger partial charge in [-0.3, -0.25) is 4.21 Å². The van der Waals surface area contributed by atoms with Gasteiger partial charge >= 0.3 is 18.4 Å². The van der Waals surface area contributed by atoms with Crippen LogP contribution in [0, 0.1) is 12.7 Å². The minimum Gasteiger partial charge on any atom is -0.395 e. The summed E-state index contributed by atoms with van der Waals surface area (Å²) in [5, 5.41) is 8.82. The Labute approximate surface area is 224 Å². The number of aryl methyl sites for hydroxylation is 1. The van der Waals surface area contributed by atoms with Crippen LogP contribution in [0.5, 0.6) is 0 Å². The molecule has 1 aliphatic rings. The summed E-state index contributed by atoms with van der Waals surface area (Å²) >= 11 is 0. The van der Waals surface area contributed by atoms with E-state index in [4.69, 9.17) is 0 Å². The van der Waals surface area contributed by atoms with Gasteiger partial charge in [0.25, 0.3) is 0 Å². The third-order valence-electron chi connectivity index (χ3n) is 7.03. The van der Waals surface area contributed by atoms with Gasteiger partial charge in [-0.25, -0.2) is 9.18 Å². The van der Waals surface area contributed by atoms with Crippen molar-refractivity contribution in [3.63, 3.8) is 0 Å². The van der Waals surface area contributed by atoms with Crippen molar-refractivity contribution in [3.8, 4) is 0 Å². The number of halogens is 7. The number of aliphatic hydroxyl groups is 1. The Hall–Kier alpha value is -2.67. The van der Waals surface area contributed by atoms with Gasteiger partial charge in [-0.1, -0.05) is 6.07 Å². The SMILES string of the molecule is Cc1cc(F)ccc1[C@H]1C[C@@H](S(=O)CCO)CCN1C(=O)N(C)[C@H](C)c1cc(C(F)(F)F)cc(C(F)(F)F)c1. The molecule has 5 nitrogen and oxygen atoms in total. The maximum atomic E-state index is 13.8. The van der Waals surface area contributed by atoms with Gasteiger partial charge in [-0.15, -0.1) is 0 Å². The van der Waals surface area contributed by atoms with E-state index in [1.54, 1.807) is 6.92 Å². The maximum Gasteiger partial charge on any atom is 0.416 e. The molecule has 1 N–H and O–H groups in total. The summed E-state index contributed by atoms with van der Waals surface area (Å²) in [4.78, 5) is 16.1. The fraction of sp³-hybridized carbons (Fsp3) is 0.500. The zero-order valence-electron chi connectivity index (χ0n) is 21.4.